The number of benzene rings is 2. The van der Waals surface area contributed by atoms with Crippen LogP contribution >= 0.6 is 0 Å². The number of Topliss-reactive ketones (excluding diaryl/α,β-unsaturated/α-hetero) is 1. The van der Waals surface area contributed by atoms with Crippen molar-refractivity contribution in [1.82, 2.24) is 0 Å². The average molecular weight is 302 g/mol. The fraction of sp³-hybridized carbons (Fsp3) is 0.235. The summed E-state index contributed by atoms with van der Waals surface area (Å²) >= 11 is 0. The molecule has 21 heavy (non-hydrogen) atoms. The number of sulfone groups is 1. The van der Waals surface area contributed by atoms with E-state index in [1.165, 1.54) is 0 Å². The highest BCUT2D eigenvalue weighted by Crippen LogP contribution is 2.11. The van der Waals surface area contributed by atoms with E-state index in [1.54, 1.807) is 30.3 Å². The highest BCUT2D eigenvalue weighted by Gasteiger charge is 2.15. The molecule has 0 aliphatic carbocycles. The predicted octanol–water partition coefficient (Wildman–Crippen LogP) is 3.18. The maximum atomic E-state index is 12.1. The predicted molar refractivity (Wildman–Crippen MR) is 84.1 cm³/mol. The van der Waals surface area contributed by atoms with Gasteiger partial charge in [-0.1, -0.05) is 60.2 Å². The molecule has 0 aliphatic rings. The molecule has 3 nitrogen and oxygen atoms in total. The number of carbonyl (C=O) groups is 1. The van der Waals surface area contributed by atoms with Crippen LogP contribution in [0.1, 0.15) is 27.9 Å². The van der Waals surface area contributed by atoms with E-state index < -0.39 is 9.84 Å². The van der Waals surface area contributed by atoms with Crippen LogP contribution in [0, 0.1) is 6.92 Å². The summed E-state index contributed by atoms with van der Waals surface area (Å²) < 4.78 is 24.2. The van der Waals surface area contributed by atoms with Crippen molar-refractivity contribution in [2.45, 2.75) is 19.1 Å². The first-order valence-corrected chi connectivity index (χ1v) is 8.63. The highest BCUT2D eigenvalue weighted by atomic mass is 32.2. The van der Waals surface area contributed by atoms with Gasteiger partial charge in [-0.25, -0.2) is 8.42 Å². The van der Waals surface area contributed by atoms with Gasteiger partial charge in [0.25, 0.3) is 0 Å². The van der Waals surface area contributed by atoms with Gasteiger partial charge in [-0.3, -0.25) is 4.79 Å². The van der Waals surface area contributed by atoms with E-state index in [2.05, 4.69) is 0 Å². The minimum atomic E-state index is -3.28. The number of aryl methyl sites for hydroxylation is 1. The molecule has 2 rings (SSSR count). The molecule has 4 heteroatoms. The zero-order chi connectivity index (χ0) is 15.3. The molecular weight excluding hydrogens is 284 g/mol. The molecule has 0 saturated heterocycles. The summed E-state index contributed by atoms with van der Waals surface area (Å²) in [4.78, 5) is 11.9. The summed E-state index contributed by atoms with van der Waals surface area (Å²) in [6.45, 7) is 1.93. The van der Waals surface area contributed by atoms with Crippen LogP contribution in [0.25, 0.3) is 0 Å². The minimum absolute atomic E-state index is 0.0171. The van der Waals surface area contributed by atoms with Crippen LogP contribution in [0.2, 0.25) is 0 Å². The van der Waals surface area contributed by atoms with E-state index in [9.17, 15) is 13.2 Å². The lowest BCUT2D eigenvalue weighted by Gasteiger charge is -2.05. The Labute approximate surface area is 125 Å². The normalized spacial score (nSPS) is 11.3. The van der Waals surface area contributed by atoms with Crippen molar-refractivity contribution in [1.29, 1.82) is 0 Å². The van der Waals surface area contributed by atoms with Crippen molar-refractivity contribution in [2.75, 3.05) is 5.75 Å². The molecule has 0 spiro atoms. The molecule has 0 bridgehead atoms. The Bertz CT molecular complexity index is 719. The largest absolute Gasteiger partial charge is 0.294 e. The standard InChI is InChI=1S/C17H18O3S/c1-14-6-5-7-15(12-14)13-21(19,20)11-10-17(18)16-8-3-2-4-9-16/h2-9,12H,10-11,13H2,1H3. The van der Waals surface area contributed by atoms with Crippen LogP contribution in [0.4, 0.5) is 0 Å². The smallest absolute Gasteiger partial charge is 0.163 e. The van der Waals surface area contributed by atoms with E-state index in [4.69, 9.17) is 0 Å². The maximum absolute atomic E-state index is 12.1. The molecule has 0 atom stereocenters. The first-order chi connectivity index (χ1) is 9.96. The van der Waals surface area contributed by atoms with Crippen molar-refractivity contribution in [3.05, 3.63) is 71.3 Å². The summed E-state index contributed by atoms with van der Waals surface area (Å²) in [5.41, 5.74) is 2.36. The Balaban J connectivity index is 1.97. The van der Waals surface area contributed by atoms with Crippen LogP contribution in [0.15, 0.2) is 54.6 Å². The number of hydrogen-bond acceptors (Lipinski definition) is 3. The molecule has 0 aliphatic heterocycles. The molecule has 110 valence electrons. The van der Waals surface area contributed by atoms with E-state index >= 15 is 0 Å². The van der Waals surface area contributed by atoms with Crippen molar-refractivity contribution < 1.29 is 13.2 Å². The molecule has 0 amide bonds. The monoisotopic (exact) mass is 302 g/mol. The zero-order valence-corrected chi connectivity index (χ0v) is 12.8. The van der Waals surface area contributed by atoms with E-state index in [0.29, 0.717) is 5.56 Å². The van der Waals surface area contributed by atoms with Gasteiger partial charge in [0.2, 0.25) is 0 Å². The van der Waals surface area contributed by atoms with Crippen molar-refractivity contribution in [3.8, 4) is 0 Å². The number of carbonyl (C=O) groups excluding carboxylic acids is 1. The summed E-state index contributed by atoms with van der Waals surface area (Å²) in [5.74, 6) is -0.269. The lowest BCUT2D eigenvalue weighted by atomic mass is 10.1. The van der Waals surface area contributed by atoms with E-state index in [0.717, 1.165) is 11.1 Å². The summed E-state index contributed by atoms with van der Waals surface area (Å²) in [7, 11) is -3.28. The van der Waals surface area contributed by atoms with Crippen molar-refractivity contribution in [2.24, 2.45) is 0 Å². The average Bonchev–Trinajstić information content (AvgIpc) is 2.45. The molecule has 2 aromatic rings. The second kappa shape index (κ2) is 6.68. The molecular formula is C17H18O3S. The Morgan fingerprint density at radius 2 is 1.71 bits per heavy atom. The van der Waals surface area contributed by atoms with Crippen LogP contribution in [-0.4, -0.2) is 20.0 Å². The second-order valence-electron chi connectivity index (χ2n) is 5.12. The quantitative estimate of drug-likeness (QED) is 0.770. The molecule has 0 N–H and O–H groups in total. The van der Waals surface area contributed by atoms with Gasteiger partial charge in [0.05, 0.1) is 11.5 Å². The molecule has 0 aromatic heterocycles. The van der Waals surface area contributed by atoms with Gasteiger partial charge < -0.3 is 0 Å². The van der Waals surface area contributed by atoms with Crippen LogP contribution in [-0.2, 0) is 15.6 Å². The molecule has 0 fully saturated rings. The van der Waals surface area contributed by atoms with E-state index in [-0.39, 0.29) is 23.7 Å². The Morgan fingerprint density at radius 1 is 1.00 bits per heavy atom. The van der Waals surface area contributed by atoms with Gasteiger partial charge >= 0.3 is 0 Å². The van der Waals surface area contributed by atoms with Crippen LogP contribution < -0.4 is 0 Å². The molecule has 0 unspecified atom stereocenters. The Kier molecular flexibility index (Phi) is 4.91. The third-order valence-corrected chi connectivity index (χ3v) is 4.80. The van der Waals surface area contributed by atoms with Crippen LogP contribution in [0.5, 0.6) is 0 Å². The van der Waals surface area contributed by atoms with Gasteiger partial charge in [-0.15, -0.1) is 0 Å². The lowest BCUT2D eigenvalue weighted by molar-refractivity contribution is 0.0988. The molecule has 0 radical (unpaired) electrons. The number of hydrogen-bond donors (Lipinski definition) is 0. The van der Waals surface area contributed by atoms with Gasteiger partial charge in [0, 0.05) is 12.0 Å². The van der Waals surface area contributed by atoms with Gasteiger partial charge in [0.1, 0.15) is 0 Å². The summed E-state index contributed by atoms with van der Waals surface area (Å²) in [6, 6.07) is 16.2. The first kappa shape index (κ1) is 15.4. The third-order valence-electron chi connectivity index (χ3n) is 3.20. The maximum Gasteiger partial charge on any atom is 0.163 e. The number of rotatable bonds is 6. The fourth-order valence-electron chi connectivity index (χ4n) is 2.14. The van der Waals surface area contributed by atoms with Crippen molar-refractivity contribution >= 4 is 15.6 Å². The Hall–Kier alpha value is -1.94. The SMILES string of the molecule is Cc1cccc(CS(=O)(=O)CCC(=O)c2ccccc2)c1. The molecule has 0 saturated carbocycles. The Morgan fingerprint density at radius 3 is 2.38 bits per heavy atom. The number of ketones is 1. The highest BCUT2D eigenvalue weighted by molar-refractivity contribution is 7.90. The summed E-state index contributed by atoms with van der Waals surface area (Å²) in [6.07, 6.45) is 0.0260. The summed E-state index contributed by atoms with van der Waals surface area (Å²) in [5, 5.41) is 0. The van der Waals surface area contributed by atoms with Gasteiger partial charge in [-0.05, 0) is 12.5 Å². The second-order valence-corrected chi connectivity index (χ2v) is 7.30. The lowest BCUT2D eigenvalue weighted by Crippen LogP contribution is -2.13. The molecule has 2 aromatic carbocycles. The van der Waals surface area contributed by atoms with Gasteiger partial charge in [-0.2, -0.15) is 0 Å². The van der Waals surface area contributed by atoms with Crippen LogP contribution in [0.3, 0.4) is 0 Å². The topological polar surface area (TPSA) is 51.2 Å². The third kappa shape index (κ3) is 4.83. The molecule has 0 heterocycles. The zero-order valence-electron chi connectivity index (χ0n) is 12.0. The van der Waals surface area contributed by atoms with Crippen molar-refractivity contribution in [3.63, 3.8) is 0 Å². The fourth-order valence-corrected chi connectivity index (χ4v) is 3.47. The van der Waals surface area contributed by atoms with E-state index in [1.807, 2.05) is 31.2 Å². The minimum Gasteiger partial charge on any atom is -0.294 e. The van der Waals surface area contributed by atoms with Gasteiger partial charge in [0.15, 0.2) is 15.6 Å². The first-order valence-electron chi connectivity index (χ1n) is 6.80.